The number of halogens is 2. The van der Waals surface area contributed by atoms with E-state index in [-0.39, 0.29) is 28.6 Å². The number of rotatable bonds is 5. The molecule has 0 unspecified atom stereocenters. The van der Waals surface area contributed by atoms with Crippen molar-refractivity contribution in [1.82, 2.24) is 15.2 Å². The quantitative estimate of drug-likeness (QED) is 0.495. The highest BCUT2D eigenvalue weighted by Crippen LogP contribution is 2.36. The number of aryl methyl sites for hydroxylation is 1. The number of hydrogen-bond donors (Lipinski definition) is 3. The van der Waals surface area contributed by atoms with Crippen LogP contribution in [0.2, 0.25) is 0 Å². The first-order valence-corrected chi connectivity index (χ1v) is 10.8. The maximum Gasteiger partial charge on any atom is 0.287 e. The molecule has 1 aromatic heterocycles. The third-order valence-electron chi connectivity index (χ3n) is 5.57. The number of nitrogens with zero attached hydrogens (tertiary/aromatic N) is 3. The molecular weight excluding hydrogens is 442 g/mol. The van der Waals surface area contributed by atoms with E-state index in [1.807, 2.05) is 38.1 Å². The number of nitrogens with one attached hydrogen (secondary N) is 1. The van der Waals surface area contributed by atoms with Gasteiger partial charge < -0.3 is 16.2 Å². The summed E-state index contributed by atoms with van der Waals surface area (Å²) in [5.41, 5.74) is 16.5. The van der Waals surface area contributed by atoms with Gasteiger partial charge in [-0.15, -0.1) is 0 Å². The zero-order valence-electron chi connectivity index (χ0n) is 19.1. The lowest BCUT2D eigenvalue weighted by Crippen LogP contribution is -2.48. The van der Waals surface area contributed by atoms with Gasteiger partial charge in [-0.1, -0.05) is 32.0 Å². The van der Waals surface area contributed by atoms with Gasteiger partial charge in [0, 0.05) is 0 Å². The van der Waals surface area contributed by atoms with E-state index in [1.54, 1.807) is 11.9 Å². The van der Waals surface area contributed by atoms with Gasteiger partial charge in [-0.3, -0.25) is 15.2 Å². The van der Waals surface area contributed by atoms with E-state index >= 15 is 0 Å². The molecule has 2 heterocycles. The Labute approximate surface area is 195 Å². The van der Waals surface area contributed by atoms with Gasteiger partial charge in [0.2, 0.25) is 0 Å². The van der Waals surface area contributed by atoms with Crippen LogP contribution in [0.1, 0.15) is 19.5 Å². The lowest BCUT2D eigenvalue weighted by Gasteiger charge is -2.31. The molecule has 5 N–H and O–H groups in total. The molecule has 3 aromatic rings. The van der Waals surface area contributed by atoms with Crippen molar-refractivity contribution in [3.8, 4) is 16.9 Å². The van der Waals surface area contributed by atoms with Crippen LogP contribution in [0.5, 0.6) is 5.75 Å². The fraction of sp³-hybridized carbons (Fsp3) is 0.250. The van der Waals surface area contributed by atoms with E-state index in [9.17, 15) is 13.6 Å². The predicted octanol–water partition coefficient (Wildman–Crippen LogP) is 3.43. The van der Waals surface area contributed by atoms with Crippen molar-refractivity contribution in [2.24, 2.45) is 11.7 Å². The molecule has 1 amide bonds. The lowest BCUT2D eigenvalue weighted by atomic mass is 10.0. The van der Waals surface area contributed by atoms with Crippen molar-refractivity contribution in [3.05, 3.63) is 65.5 Å². The number of nitrogen functional groups attached to an aromatic ring is 1. The Morgan fingerprint density at radius 1 is 1.12 bits per heavy atom. The Bertz CT molecular complexity index is 1260. The van der Waals surface area contributed by atoms with E-state index in [1.165, 1.54) is 10.7 Å². The van der Waals surface area contributed by atoms with Crippen molar-refractivity contribution in [2.75, 3.05) is 23.9 Å². The number of fused-ring (bicyclic) bond motifs is 1. The molecular formula is C24H26F2N6O2. The standard InChI is InChI=1S/C24H26F2N6O2/c1-13(2)22(21(27)24(33)30-31-11-12-34-18-10-5-4-9-17(18)31)32-23(28)19(14(3)29-32)20-15(25)7-6-8-16(20)26/h4-10,13H,11-12,27-28H2,1-3H3,(H,30,33)/b22-21-. The Balaban J connectivity index is 1.74. The van der Waals surface area contributed by atoms with Crippen molar-refractivity contribution < 1.29 is 18.3 Å². The number of aromatic nitrogens is 2. The summed E-state index contributed by atoms with van der Waals surface area (Å²) >= 11 is 0. The second-order valence-corrected chi connectivity index (χ2v) is 8.22. The highest BCUT2D eigenvalue weighted by molar-refractivity contribution is 5.99. The third kappa shape index (κ3) is 4.02. The van der Waals surface area contributed by atoms with Gasteiger partial charge in [0.25, 0.3) is 5.91 Å². The van der Waals surface area contributed by atoms with E-state index in [0.29, 0.717) is 36.0 Å². The van der Waals surface area contributed by atoms with Gasteiger partial charge in [0.05, 0.1) is 34.8 Å². The van der Waals surface area contributed by atoms with Gasteiger partial charge in [-0.25, -0.2) is 13.5 Å². The molecule has 1 aliphatic heterocycles. The van der Waals surface area contributed by atoms with Crippen LogP contribution in [0.25, 0.3) is 16.8 Å². The first kappa shape index (κ1) is 23.1. The Morgan fingerprint density at radius 3 is 2.47 bits per heavy atom. The van der Waals surface area contributed by atoms with Gasteiger partial charge in [-0.05, 0) is 37.1 Å². The predicted molar refractivity (Wildman–Crippen MR) is 126 cm³/mol. The van der Waals surface area contributed by atoms with Crippen LogP contribution in [0.4, 0.5) is 20.3 Å². The van der Waals surface area contributed by atoms with Crippen LogP contribution >= 0.6 is 0 Å². The van der Waals surface area contributed by atoms with Gasteiger partial charge in [0.15, 0.2) is 0 Å². The number of nitrogens with two attached hydrogens (primary N) is 2. The summed E-state index contributed by atoms with van der Waals surface area (Å²) in [6.45, 7) is 6.04. The lowest BCUT2D eigenvalue weighted by molar-refractivity contribution is -0.117. The summed E-state index contributed by atoms with van der Waals surface area (Å²) < 4.78 is 35.9. The van der Waals surface area contributed by atoms with Crippen LogP contribution in [0, 0.1) is 24.5 Å². The van der Waals surface area contributed by atoms with Crippen LogP contribution < -0.4 is 26.6 Å². The molecule has 8 nitrogen and oxygen atoms in total. The molecule has 1 aliphatic rings. The number of para-hydroxylation sites is 2. The monoisotopic (exact) mass is 468 g/mol. The van der Waals surface area contributed by atoms with E-state index in [2.05, 4.69) is 10.5 Å². The van der Waals surface area contributed by atoms with Gasteiger partial charge in [0.1, 0.15) is 35.5 Å². The van der Waals surface area contributed by atoms with Crippen LogP contribution in [-0.4, -0.2) is 28.8 Å². The molecule has 0 saturated carbocycles. The zero-order chi connectivity index (χ0) is 24.6. The highest BCUT2D eigenvalue weighted by atomic mass is 19.1. The topological polar surface area (TPSA) is 111 Å². The molecule has 0 aliphatic carbocycles. The molecule has 0 fully saturated rings. The third-order valence-corrected chi connectivity index (χ3v) is 5.57. The molecule has 178 valence electrons. The molecule has 2 aromatic carbocycles. The number of carbonyl (C=O) groups excluding carboxylic acids is 1. The fourth-order valence-electron chi connectivity index (χ4n) is 4.03. The number of benzene rings is 2. The normalized spacial score (nSPS) is 13.9. The number of carbonyl (C=O) groups is 1. The Hall–Kier alpha value is -4.08. The van der Waals surface area contributed by atoms with Crippen molar-refractivity contribution >= 4 is 23.1 Å². The second-order valence-electron chi connectivity index (χ2n) is 8.22. The average Bonchev–Trinajstić information content (AvgIpc) is 3.07. The summed E-state index contributed by atoms with van der Waals surface area (Å²) in [4.78, 5) is 13.1. The summed E-state index contributed by atoms with van der Waals surface area (Å²) in [6.07, 6.45) is 0. The average molecular weight is 469 g/mol. The van der Waals surface area contributed by atoms with E-state index in [0.717, 1.165) is 12.1 Å². The van der Waals surface area contributed by atoms with Crippen molar-refractivity contribution in [1.29, 1.82) is 0 Å². The maximum absolute atomic E-state index is 14.5. The van der Waals surface area contributed by atoms with Gasteiger partial charge in [-0.2, -0.15) is 5.10 Å². The molecule has 10 heteroatoms. The van der Waals surface area contributed by atoms with E-state index < -0.39 is 17.5 Å². The minimum Gasteiger partial charge on any atom is -0.489 e. The smallest absolute Gasteiger partial charge is 0.287 e. The summed E-state index contributed by atoms with van der Waals surface area (Å²) in [6, 6.07) is 10.9. The number of hydrogen-bond acceptors (Lipinski definition) is 6. The first-order valence-electron chi connectivity index (χ1n) is 10.8. The molecule has 0 radical (unpaired) electrons. The molecule has 4 rings (SSSR count). The minimum absolute atomic E-state index is 0.0160. The van der Waals surface area contributed by atoms with Crippen LogP contribution in [0.15, 0.2) is 48.2 Å². The molecule has 34 heavy (non-hydrogen) atoms. The van der Waals surface area contributed by atoms with Crippen molar-refractivity contribution in [3.63, 3.8) is 0 Å². The highest BCUT2D eigenvalue weighted by Gasteiger charge is 2.27. The fourth-order valence-corrected chi connectivity index (χ4v) is 4.03. The zero-order valence-corrected chi connectivity index (χ0v) is 19.1. The number of ether oxygens (including phenoxy) is 1. The molecule has 0 saturated heterocycles. The SMILES string of the molecule is Cc1nn(/C(=C(\N)C(=O)NN2CCOc3ccccc32)C(C)C)c(N)c1-c1c(F)cccc1F. The van der Waals surface area contributed by atoms with E-state index in [4.69, 9.17) is 16.2 Å². The van der Waals surface area contributed by atoms with Crippen molar-refractivity contribution in [2.45, 2.75) is 20.8 Å². The second kappa shape index (κ2) is 9.05. The molecule has 0 spiro atoms. The molecule has 0 bridgehead atoms. The number of anilines is 2. The Kier molecular flexibility index (Phi) is 6.14. The molecule has 0 atom stereocenters. The number of hydrazine groups is 1. The summed E-state index contributed by atoms with van der Waals surface area (Å²) in [5, 5.41) is 6.04. The number of amides is 1. The Morgan fingerprint density at radius 2 is 1.79 bits per heavy atom. The maximum atomic E-state index is 14.5. The van der Waals surface area contributed by atoms with Crippen LogP contribution in [0.3, 0.4) is 0 Å². The van der Waals surface area contributed by atoms with Gasteiger partial charge >= 0.3 is 0 Å². The summed E-state index contributed by atoms with van der Waals surface area (Å²) in [7, 11) is 0. The summed E-state index contributed by atoms with van der Waals surface area (Å²) in [5.74, 6) is -1.75. The van der Waals surface area contributed by atoms with Crippen LogP contribution in [-0.2, 0) is 4.79 Å². The first-order chi connectivity index (χ1) is 16.2. The number of allylic oxidation sites excluding steroid dienone is 1. The minimum atomic E-state index is -0.763. The largest absolute Gasteiger partial charge is 0.489 e.